The van der Waals surface area contributed by atoms with E-state index in [4.69, 9.17) is 15.3 Å². The maximum Gasteiger partial charge on any atom is 0.358 e. The summed E-state index contributed by atoms with van der Waals surface area (Å²) in [5.74, 6) is -3.84. The van der Waals surface area contributed by atoms with Crippen LogP contribution in [0, 0.1) is 0 Å². The summed E-state index contributed by atoms with van der Waals surface area (Å²) in [6.45, 7) is 8.06. The number of H-pyrrole nitrogens is 1. The van der Waals surface area contributed by atoms with Gasteiger partial charge in [-0.05, 0) is 34.6 Å². The number of nitrogens with zero attached hydrogens (tertiary/aromatic N) is 4. The number of thiazole rings is 1. The molecule has 1 saturated heterocycles. The molecule has 2 aromatic heterocycles. The van der Waals surface area contributed by atoms with Crippen molar-refractivity contribution in [3.63, 3.8) is 0 Å². The molecule has 2 aliphatic heterocycles. The number of aromatic hydroxyl groups is 1. The van der Waals surface area contributed by atoms with E-state index in [0.29, 0.717) is 11.4 Å². The lowest BCUT2D eigenvalue weighted by Gasteiger charge is -2.50. The van der Waals surface area contributed by atoms with Crippen LogP contribution in [0.5, 0.6) is 5.75 Å². The van der Waals surface area contributed by atoms with Gasteiger partial charge in [0.05, 0.1) is 25.5 Å². The number of ether oxygens (including phenoxy) is 1. The molecule has 2 aromatic rings. The topological polar surface area (TPSA) is 227 Å². The molecule has 4 heterocycles. The fourth-order valence-corrected chi connectivity index (χ4v) is 6.69. The highest BCUT2D eigenvalue weighted by Crippen LogP contribution is 2.42. The monoisotopic (exact) mass is 678 g/mol. The minimum atomic E-state index is -1.60. The first-order chi connectivity index (χ1) is 21.2. The normalized spacial score (nSPS) is 18.9. The minimum Gasteiger partial charge on any atom is -0.503 e. The maximum absolute atomic E-state index is 13.5. The van der Waals surface area contributed by atoms with Crippen LogP contribution in [0.25, 0.3) is 0 Å². The van der Waals surface area contributed by atoms with Crippen LogP contribution in [0.1, 0.15) is 46.0 Å². The van der Waals surface area contributed by atoms with Gasteiger partial charge in [0, 0.05) is 17.6 Å². The summed E-state index contributed by atoms with van der Waals surface area (Å²) >= 11 is 2.29. The molecule has 4 rings (SSSR count). The molecule has 6 N–H and O–H groups in total. The van der Waals surface area contributed by atoms with Crippen LogP contribution >= 0.6 is 23.1 Å². The van der Waals surface area contributed by atoms with E-state index in [-0.39, 0.29) is 39.0 Å². The number of rotatable bonds is 10. The third kappa shape index (κ3) is 7.18. The molecule has 248 valence electrons. The smallest absolute Gasteiger partial charge is 0.358 e. The number of nitrogen functional groups attached to an aromatic ring is 1. The molecular formula is C28H36N7O9S2+. The number of thioether (sulfide) groups is 1. The molecule has 46 heavy (non-hydrogen) atoms. The second-order valence-corrected chi connectivity index (χ2v) is 14.6. The van der Waals surface area contributed by atoms with E-state index in [1.165, 1.54) is 37.1 Å². The van der Waals surface area contributed by atoms with Crippen LogP contribution in [-0.2, 0) is 35.3 Å². The van der Waals surface area contributed by atoms with E-state index < -0.39 is 57.5 Å². The number of oxime groups is 1. The van der Waals surface area contributed by atoms with Gasteiger partial charge in [-0.2, -0.15) is 0 Å². The molecular weight excluding hydrogens is 642 g/mol. The average Bonchev–Trinajstić information content (AvgIpc) is 3.37. The van der Waals surface area contributed by atoms with E-state index in [0.717, 1.165) is 22.4 Å². The van der Waals surface area contributed by atoms with Crippen molar-refractivity contribution in [2.45, 2.75) is 63.8 Å². The van der Waals surface area contributed by atoms with Gasteiger partial charge in [-0.15, -0.1) is 23.1 Å². The molecule has 16 nitrogen and oxygen atoms in total. The largest absolute Gasteiger partial charge is 0.503 e. The standard InChI is InChI=1S/C28H35N7O9S2/c1-27(2,3)43-25(42)28(4,5)44-33-18(14-11-46-26(29)31-14)21(38)32-19-22(39)34-20(24(40)41)15(12-45-23(19)34)35(6,7)10-13-8-16(36)17(37)9-30-13/h8-9,11,19,23H,10,12H2,1-7H3,(H5-,29,30,31,32,33,36,37,38,40,41)/p+1/t19-,23-/m1/s1. The fourth-order valence-electron chi connectivity index (χ4n) is 4.59. The molecule has 2 amide bonds. The Labute approximate surface area is 271 Å². The number of aromatic amines is 1. The number of nitrogens with one attached hydrogen (secondary N) is 2. The van der Waals surface area contributed by atoms with Crippen LogP contribution in [0.15, 0.2) is 39.0 Å². The first-order valence-corrected chi connectivity index (χ1v) is 15.8. The van der Waals surface area contributed by atoms with E-state index in [1.807, 2.05) is 0 Å². The highest BCUT2D eigenvalue weighted by atomic mass is 32.2. The number of hydrogen-bond acceptors (Lipinski definition) is 13. The number of nitrogens with two attached hydrogens (primary N) is 1. The molecule has 0 aromatic carbocycles. The highest BCUT2D eigenvalue weighted by molar-refractivity contribution is 8.00. The van der Waals surface area contributed by atoms with Gasteiger partial charge in [-0.25, -0.2) is 14.6 Å². The van der Waals surface area contributed by atoms with Crippen molar-refractivity contribution in [1.82, 2.24) is 20.2 Å². The summed E-state index contributed by atoms with van der Waals surface area (Å²) in [6, 6.07) is 0.112. The molecule has 0 spiro atoms. The number of hydrogen-bond donors (Lipinski definition) is 5. The second-order valence-electron chi connectivity index (χ2n) is 12.6. The van der Waals surface area contributed by atoms with Crippen LogP contribution < -0.4 is 16.5 Å². The zero-order valence-electron chi connectivity index (χ0n) is 26.2. The Morgan fingerprint density at radius 3 is 2.48 bits per heavy atom. The van der Waals surface area contributed by atoms with Crippen molar-refractivity contribution < 1.29 is 43.4 Å². The molecule has 0 saturated carbocycles. The zero-order chi connectivity index (χ0) is 34.4. The maximum atomic E-state index is 13.5. The van der Waals surface area contributed by atoms with Crippen molar-refractivity contribution in [1.29, 1.82) is 0 Å². The third-order valence-electron chi connectivity index (χ3n) is 6.92. The molecule has 2 atom stereocenters. The number of quaternary nitrogens is 1. The van der Waals surface area contributed by atoms with Gasteiger partial charge in [0.1, 0.15) is 29.3 Å². The van der Waals surface area contributed by atoms with Crippen molar-refractivity contribution >= 4 is 57.7 Å². The SMILES string of the molecule is CC(C)(C)OC(=O)C(C)(C)O/N=C(/C(=O)N[C@@H]1C(=O)N2C(C(=O)O)=C([N+](C)(C)Cc3cc(=O)c(O)c[nH]3)CS[C@H]12)c1csc(N)n1. The summed E-state index contributed by atoms with van der Waals surface area (Å²) in [5, 5.41) is 27.1. The quantitative estimate of drug-likeness (QED) is 0.0778. The summed E-state index contributed by atoms with van der Waals surface area (Å²) in [6.07, 6.45) is 1.16. The number of β-lactam (4-membered cyclic amide) rings is 1. The van der Waals surface area contributed by atoms with Gasteiger partial charge in [0.2, 0.25) is 11.0 Å². The number of carboxylic acid groups (broad SMARTS) is 1. The zero-order valence-corrected chi connectivity index (χ0v) is 27.9. The number of amides is 2. The highest BCUT2D eigenvalue weighted by Gasteiger charge is 2.57. The molecule has 1 fully saturated rings. The van der Waals surface area contributed by atoms with Crippen LogP contribution in [0.2, 0.25) is 0 Å². The number of carboxylic acids is 1. The van der Waals surface area contributed by atoms with Crippen molar-refractivity contribution in [2.75, 3.05) is 25.6 Å². The minimum absolute atomic E-state index is 0.0182. The lowest BCUT2D eigenvalue weighted by molar-refractivity contribution is -0.866. The van der Waals surface area contributed by atoms with E-state index >= 15 is 0 Å². The van der Waals surface area contributed by atoms with E-state index in [2.05, 4.69) is 20.4 Å². The molecule has 2 aliphatic rings. The number of carbonyl (C=O) groups is 4. The molecule has 0 radical (unpaired) electrons. The summed E-state index contributed by atoms with van der Waals surface area (Å²) < 4.78 is 5.36. The number of aliphatic carboxylic acids is 1. The first kappa shape index (κ1) is 34.5. The number of anilines is 1. The molecule has 0 bridgehead atoms. The lowest BCUT2D eigenvalue weighted by atomic mass is 10.0. The van der Waals surface area contributed by atoms with Crippen LogP contribution in [0.4, 0.5) is 5.13 Å². The third-order valence-corrected chi connectivity index (χ3v) is 8.86. The van der Waals surface area contributed by atoms with Crippen molar-refractivity contribution in [2.24, 2.45) is 5.16 Å². The van der Waals surface area contributed by atoms with Crippen molar-refractivity contribution in [3.8, 4) is 5.75 Å². The van der Waals surface area contributed by atoms with Crippen LogP contribution in [0.3, 0.4) is 0 Å². The predicted molar refractivity (Wildman–Crippen MR) is 168 cm³/mol. The van der Waals surface area contributed by atoms with Crippen LogP contribution in [-0.4, -0.2) is 101 Å². The predicted octanol–water partition coefficient (Wildman–Crippen LogP) is 0.933. The first-order valence-electron chi connectivity index (χ1n) is 13.9. The average molecular weight is 679 g/mol. The van der Waals surface area contributed by atoms with Gasteiger partial charge in [0.15, 0.2) is 28.0 Å². The Kier molecular flexibility index (Phi) is 9.29. The van der Waals surface area contributed by atoms with Gasteiger partial charge in [0.25, 0.3) is 11.8 Å². The van der Waals surface area contributed by atoms with Gasteiger partial charge in [-0.3, -0.25) is 23.8 Å². The van der Waals surface area contributed by atoms with E-state index in [1.54, 1.807) is 34.9 Å². The number of carbonyl (C=O) groups excluding carboxylic acids is 3. The fraction of sp³-hybridized carbons (Fsp3) is 0.464. The van der Waals surface area contributed by atoms with Gasteiger partial charge < -0.3 is 35.8 Å². The summed E-state index contributed by atoms with van der Waals surface area (Å²) in [4.78, 5) is 77.5. The molecule has 0 aliphatic carbocycles. The van der Waals surface area contributed by atoms with Crippen molar-refractivity contribution in [3.05, 3.63) is 50.6 Å². The Morgan fingerprint density at radius 2 is 1.91 bits per heavy atom. The molecule has 0 unspecified atom stereocenters. The number of pyridine rings is 1. The Hall–Kier alpha value is -4.42. The Morgan fingerprint density at radius 1 is 1.24 bits per heavy atom. The van der Waals surface area contributed by atoms with E-state index in [9.17, 15) is 34.2 Å². The Balaban J connectivity index is 1.57. The number of aromatic nitrogens is 2. The Bertz CT molecular complexity index is 1700. The summed E-state index contributed by atoms with van der Waals surface area (Å²) in [7, 11) is 3.46. The number of fused-ring (bicyclic) bond motifs is 1. The van der Waals surface area contributed by atoms with Gasteiger partial charge in [-0.1, -0.05) is 5.16 Å². The second kappa shape index (κ2) is 12.4. The lowest BCUT2D eigenvalue weighted by Crippen LogP contribution is -2.71. The van der Waals surface area contributed by atoms with Gasteiger partial charge >= 0.3 is 11.9 Å². The number of esters is 1. The molecule has 18 heteroatoms. The summed E-state index contributed by atoms with van der Waals surface area (Å²) in [5.41, 5.74) is 3.09.